The highest BCUT2D eigenvalue weighted by Crippen LogP contribution is 2.41. The number of rotatable bonds is 1. The lowest BCUT2D eigenvalue weighted by molar-refractivity contribution is -0.119. The molecular weight excluding hydrogens is 206 g/mol. The third kappa shape index (κ3) is 2.06. The quantitative estimate of drug-likeness (QED) is 0.641. The predicted octanol–water partition coefficient (Wildman–Crippen LogP) is 1.97. The van der Waals surface area contributed by atoms with Crippen LogP contribution in [0.25, 0.3) is 0 Å². The normalized spacial score (nSPS) is 32.9. The standard InChI is InChI=1S/C12H19NO3/c1-12(2,3)16-11(15)13-9-4-8(7-14)5-10(13)6-9/h7-10H,4-6H2,1-3H3. The lowest BCUT2D eigenvalue weighted by atomic mass is 9.74. The topological polar surface area (TPSA) is 46.6 Å². The number of carbonyl (C=O) groups is 2. The molecule has 1 saturated carbocycles. The van der Waals surface area contributed by atoms with E-state index in [1.54, 1.807) is 0 Å². The smallest absolute Gasteiger partial charge is 0.410 e. The van der Waals surface area contributed by atoms with Crippen LogP contribution in [0, 0.1) is 5.92 Å². The van der Waals surface area contributed by atoms with E-state index in [4.69, 9.17) is 4.74 Å². The van der Waals surface area contributed by atoms with Crippen LogP contribution in [0.3, 0.4) is 0 Å². The molecule has 4 nitrogen and oxygen atoms in total. The SMILES string of the molecule is CC(C)(C)OC(=O)N1C2CC(C=O)CC1C2. The lowest BCUT2D eigenvalue weighted by Crippen LogP contribution is -2.63. The molecule has 16 heavy (non-hydrogen) atoms. The number of ether oxygens (including phenoxy) is 1. The Morgan fingerprint density at radius 3 is 2.25 bits per heavy atom. The summed E-state index contributed by atoms with van der Waals surface area (Å²) < 4.78 is 5.35. The fourth-order valence-electron chi connectivity index (χ4n) is 2.64. The molecule has 2 bridgehead atoms. The van der Waals surface area contributed by atoms with Gasteiger partial charge >= 0.3 is 6.09 Å². The lowest BCUT2D eigenvalue weighted by Gasteiger charge is -2.54. The fraction of sp³-hybridized carbons (Fsp3) is 0.833. The van der Waals surface area contributed by atoms with Gasteiger partial charge in [-0.2, -0.15) is 0 Å². The molecule has 2 heterocycles. The van der Waals surface area contributed by atoms with E-state index in [0.29, 0.717) is 0 Å². The summed E-state index contributed by atoms with van der Waals surface area (Å²) >= 11 is 0. The molecule has 2 aliphatic heterocycles. The second-order valence-electron chi connectivity index (χ2n) is 5.80. The number of hydrogen-bond donors (Lipinski definition) is 0. The van der Waals surface area contributed by atoms with Crippen molar-refractivity contribution in [3.05, 3.63) is 0 Å². The molecule has 2 unspecified atom stereocenters. The highest BCUT2D eigenvalue weighted by Gasteiger charge is 2.48. The van der Waals surface area contributed by atoms with Crippen molar-refractivity contribution < 1.29 is 14.3 Å². The first kappa shape index (κ1) is 11.4. The van der Waals surface area contributed by atoms with Crippen LogP contribution in [0.4, 0.5) is 4.79 Å². The number of hydrogen-bond acceptors (Lipinski definition) is 3. The number of carbonyl (C=O) groups excluding carboxylic acids is 2. The van der Waals surface area contributed by atoms with Crippen molar-refractivity contribution in [2.24, 2.45) is 5.92 Å². The molecule has 0 aromatic carbocycles. The van der Waals surface area contributed by atoms with Gasteiger partial charge in [-0.1, -0.05) is 0 Å². The van der Waals surface area contributed by atoms with Gasteiger partial charge in [-0.25, -0.2) is 4.79 Å². The van der Waals surface area contributed by atoms with E-state index in [0.717, 1.165) is 25.5 Å². The summed E-state index contributed by atoms with van der Waals surface area (Å²) in [7, 11) is 0. The zero-order valence-electron chi connectivity index (χ0n) is 10.1. The molecule has 2 saturated heterocycles. The Bertz CT molecular complexity index is 296. The van der Waals surface area contributed by atoms with Gasteiger partial charge in [-0.05, 0) is 40.0 Å². The Balaban J connectivity index is 1.94. The molecule has 0 spiro atoms. The van der Waals surface area contributed by atoms with Crippen molar-refractivity contribution in [2.75, 3.05) is 0 Å². The van der Waals surface area contributed by atoms with Crippen LogP contribution in [0.15, 0.2) is 0 Å². The third-order valence-electron chi connectivity index (χ3n) is 3.28. The largest absolute Gasteiger partial charge is 0.444 e. The van der Waals surface area contributed by atoms with Gasteiger partial charge in [0.2, 0.25) is 0 Å². The Labute approximate surface area is 95.9 Å². The minimum atomic E-state index is -0.439. The summed E-state index contributed by atoms with van der Waals surface area (Å²) in [6.45, 7) is 5.61. The Morgan fingerprint density at radius 1 is 1.25 bits per heavy atom. The predicted molar refractivity (Wildman–Crippen MR) is 59.1 cm³/mol. The molecule has 3 aliphatic rings. The van der Waals surface area contributed by atoms with Crippen molar-refractivity contribution in [2.45, 2.75) is 57.7 Å². The summed E-state index contributed by atoms with van der Waals surface area (Å²) in [6.07, 6.45) is 3.44. The zero-order valence-corrected chi connectivity index (χ0v) is 10.1. The maximum Gasteiger partial charge on any atom is 0.410 e. The van der Waals surface area contributed by atoms with Gasteiger partial charge in [0, 0.05) is 18.0 Å². The fourth-order valence-corrected chi connectivity index (χ4v) is 2.64. The number of aldehydes is 1. The molecule has 2 atom stereocenters. The molecule has 0 N–H and O–H groups in total. The first-order chi connectivity index (χ1) is 7.40. The number of fused-ring (bicyclic) bond motifs is 2. The van der Waals surface area contributed by atoms with Crippen molar-refractivity contribution in [3.63, 3.8) is 0 Å². The molecule has 1 aliphatic carbocycles. The molecule has 1 amide bonds. The van der Waals surface area contributed by atoms with E-state index in [1.807, 2.05) is 25.7 Å². The van der Waals surface area contributed by atoms with Gasteiger partial charge in [-0.3, -0.25) is 0 Å². The molecule has 0 aromatic rings. The first-order valence-corrected chi connectivity index (χ1v) is 5.87. The van der Waals surface area contributed by atoms with E-state index in [1.165, 1.54) is 0 Å². The molecular formula is C12H19NO3. The van der Waals surface area contributed by atoms with Crippen LogP contribution in [-0.4, -0.2) is 35.0 Å². The first-order valence-electron chi connectivity index (χ1n) is 5.87. The summed E-state index contributed by atoms with van der Waals surface area (Å²) in [5.74, 6) is 0.141. The highest BCUT2D eigenvalue weighted by molar-refractivity contribution is 5.71. The molecule has 0 radical (unpaired) electrons. The third-order valence-corrected chi connectivity index (χ3v) is 3.28. The van der Waals surface area contributed by atoms with Crippen LogP contribution in [0.1, 0.15) is 40.0 Å². The second-order valence-corrected chi connectivity index (χ2v) is 5.80. The average Bonchev–Trinajstić information content (AvgIpc) is 2.14. The number of amides is 1. The van der Waals surface area contributed by atoms with Gasteiger partial charge in [0.25, 0.3) is 0 Å². The van der Waals surface area contributed by atoms with Gasteiger partial charge in [0.15, 0.2) is 0 Å². The van der Waals surface area contributed by atoms with Crippen molar-refractivity contribution in [1.29, 1.82) is 0 Å². The van der Waals surface area contributed by atoms with Crippen LogP contribution in [0.2, 0.25) is 0 Å². The average molecular weight is 225 g/mol. The van der Waals surface area contributed by atoms with Crippen molar-refractivity contribution in [1.82, 2.24) is 4.90 Å². The van der Waals surface area contributed by atoms with Crippen LogP contribution in [-0.2, 0) is 9.53 Å². The number of piperidine rings is 1. The molecule has 0 aromatic heterocycles. The van der Waals surface area contributed by atoms with Gasteiger partial charge in [0.1, 0.15) is 11.9 Å². The summed E-state index contributed by atoms with van der Waals surface area (Å²) in [5, 5.41) is 0. The molecule has 4 heteroatoms. The molecule has 3 fully saturated rings. The minimum absolute atomic E-state index is 0.141. The Kier molecular flexibility index (Phi) is 2.68. The minimum Gasteiger partial charge on any atom is -0.444 e. The van der Waals surface area contributed by atoms with Gasteiger partial charge in [-0.15, -0.1) is 0 Å². The zero-order chi connectivity index (χ0) is 11.9. The van der Waals surface area contributed by atoms with E-state index >= 15 is 0 Å². The maximum atomic E-state index is 11.9. The Hall–Kier alpha value is -1.06. The summed E-state index contributed by atoms with van der Waals surface area (Å²) in [6, 6.07) is 0.451. The van der Waals surface area contributed by atoms with Crippen LogP contribution in [0.5, 0.6) is 0 Å². The van der Waals surface area contributed by atoms with Crippen molar-refractivity contribution >= 4 is 12.4 Å². The van der Waals surface area contributed by atoms with Crippen LogP contribution < -0.4 is 0 Å². The van der Waals surface area contributed by atoms with Gasteiger partial charge in [0.05, 0.1) is 0 Å². The van der Waals surface area contributed by atoms with Crippen LogP contribution >= 0.6 is 0 Å². The van der Waals surface area contributed by atoms with Crippen molar-refractivity contribution in [3.8, 4) is 0 Å². The highest BCUT2D eigenvalue weighted by atomic mass is 16.6. The van der Waals surface area contributed by atoms with E-state index < -0.39 is 5.60 Å². The molecule has 90 valence electrons. The van der Waals surface area contributed by atoms with E-state index in [2.05, 4.69) is 0 Å². The maximum absolute atomic E-state index is 11.9. The van der Waals surface area contributed by atoms with E-state index in [-0.39, 0.29) is 24.1 Å². The second kappa shape index (κ2) is 3.75. The summed E-state index contributed by atoms with van der Waals surface area (Å²) in [5.41, 5.74) is -0.439. The summed E-state index contributed by atoms with van der Waals surface area (Å²) in [4.78, 5) is 24.4. The number of nitrogens with zero attached hydrogens (tertiary/aromatic N) is 1. The van der Waals surface area contributed by atoms with Gasteiger partial charge < -0.3 is 14.4 Å². The molecule has 3 rings (SSSR count). The van der Waals surface area contributed by atoms with E-state index in [9.17, 15) is 9.59 Å². The Morgan fingerprint density at radius 2 is 1.81 bits per heavy atom. The monoisotopic (exact) mass is 225 g/mol.